The van der Waals surface area contributed by atoms with Crippen LogP contribution in [0.3, 0.4) is 0 Å². The smallest absolute Gasteiger partial charge is 0.318 e. The molecule has 1 saturated heterocycles. The van der Waals surface area contributed by atoms with Gasteiger partial charge in [-0.1, -0.05) is 53.6 Å². The molecule has 2 amide bonds. The number of amides is 2. The molecule has 1 N–H and O–H groups in total. The summed E-state index contributed by atoms with van der Waals surface area (Å²) in [6.07, 6.45) is 4.71. The van der Waals surface area contributed by atoms with Gasteiger partial charge in [-0.2, -0.15) is 0 Å². The van der Waals surface area contributed by atoms with Gasteiger partial charge in [0.2, 0.25) is 0 Å². The van der Waals surface area contributed by atoms with Gasteiger partial charge in [-0.15, -0.1) is 0 Å². The molecular formula is C28H30ClN5O. The second-order valence-corrected chi connectivity index (χ2v) is 9.92. The molecule has 1 aromatic heterocycles. The van der Waals surface area contributed by atoms with Gasteiger partial charge in [0.05, 0.1) is 11.7 Å². The fourth-order valence-electron chi connectivity index (χ4n) is 4.88. The average Bonchev–Trinajstić information content (AvgIpc) is 3.29. The zero-order chi connectivity index (χ0) is 24.5. The van der Waals surface area contributed by atoms with Crippen LogP contribution >= 0.6 is 11.6 Å². The third-order valence-electron chi connectivity index (χ3n) is 6.94. The highest BCUT2D eigenvalue weighted by molar-refractivity contribution is 6.30. The second-order valence-electron chi connectivity index (χ2n) is 9.48. The van der Waals surface area contributed by atoms with E-state index in [9.17, 15) is 4.79 Å². The van der Waals surface area contributed by atoms with E-state index in [0.29, 0.717) is 11.6 Å². The number of anilines is 1. The number of carbonyl (C=O) groups excluding carboxylic acids is 1. The van der Waals surface area contributed by atoms with Crippen LogP contribution in [0.4, 0.5) is 10.6 Å². The van der Waals surface area contributed by atoms with Gasteiger partial charge in [-0.3, -0.25) is 0 Å². The quantitative estimate of drug-likeness (QED) is 0.526. The fraction of sp³-hybridized carbons (Fsp3) is 0.321. The highest BCUT2D eigenvalue weighted by Crippen LogP contribution is 2.35. The standard InChI is InChI=1S/C28H30ClN5O/c1-18-4-6-22(7-5-18)23-14-25-26(15-23)30-17-31-27(25)33-12-13-34(19(2)16-33)28(35)32-20(3)21-8-10-24(29)11-9-21/h4-11,14,17,19-20H,12-13,15-16H2,1-3H3,(H,32,35)/t19-,20+/m1/s1. The lowest BCUT2D eigenvalue weighted by molar-refractivity contribution is 0.168. The first-order valence-corrected chi connectivity index (χ1v) is 12.5. The first-order valence-electron chi connectivity index (χ1n) is 12.1. The zero-order valence-electron chi connectivity index (χ0n) is 20.3. The zero-order valence-corrected chi connectivity index (χ0v) is 21.1. The van der Waals surface area contributed by atoms with Crippen LogP contribution in [0.15, 0.2) is 54.9 Å². The van der Waals surface area contributed by atoms with Crippen molar-refractivity contribution >= 4 is 35.1 Å². The van der Waals surface area contributed by atoms with Gasteiger partial charge in [0.25, 0.3) is 0 Å². The molecule has 2 atom stereocenters. The van der Waals surface area contributed by atoms with E-state index in [1.165, 1.54) is 16.7 Å². The van der Waals surface area contributed by atoms with Crippen LogP contribution < -0.4 is 10.2 Å². The van der Waals surface area contributed by atoms with Crippen molar-refractivity contribution in [1.29, 1.82) is 0 Å². The molecule has 0 saturated carbocycles. The van der Waals surface area contributed by atoms with E-state index in [-0.39, 0.29) is 18.1 Å². The van der Waals surface area contributed by atoms with Crippen LogP contribution in [-0.4, -0.2) is 46.6 Å². The predicted octanol–water partition coefficient (Wildman–Crippen LogP) is 5.52. The Bertz CT molecular complexity index is 1260. The summed E-state index contributed by atoms with van der Waals surface area (Å²) in [5.41, 5.74) is 6.94. The van der Waals surface area contributed by atoms with Crippen LogP contribution in [0.25, 0.3) is 11.6 Å². The maximum Gasteiger partial charge on any atom is 0.318 e. The van der Waals surface area contributed by atoms with E-state index in [1.807, 2.05) is 36.1 Å². The van der Waals surface area contributed by atoms with Crippen LogP contribution in [0.1, 0.15) is 47.8 Å². The van der Waals surface area contributed by atoms with Gasteiger partial charge in [-0.25, -0.2) is 14.8 Å². The molecule has 3 aromatic rings. The summed E-state index contributed by atoms with van der Waals surface area (Å²) in [6, 6.07) is 16.1. The number of urea groups is 1. The van der Waals surface area contributed by atoms with E-state index >= 15 is 0 Å². The summed E-state index contributed by atoms with van der Waals surface area (Å²) in [5.74, 6) is 0.957. The van der Waals surface area contributed by atoms with Crippen molar-refractivity contribution in [3.05, 3.63) is 87.8 Å². The summed E-state index contributed by atoms with van der Waals surface area (Å²) in [6.45, 7) is 8.26. The summed E-state index contributed by atoms with van der Waals surface area (Å²) >= 11 is 5.99. The molecule has 1 aliphatic carbocycles. The third kappa shape index (κ3) is 4.89. The Morgan fingerprint density at radius 3 is 2.54 bits per heavy atom. The molecule has 2 aromatic carbocycles. The van der Waals surface area contributed by atoms with E-state index in [1.54, 1.807) is 6.33 Å². The Balaban J connectivity index is 1.27. The second kappa shape index (κ2) is 9.70. The summed E-state index contributed by atoms with van der Waals surface area (Å²) in [7, 11) is 0. The molecule has 0 bridgehead atoms. The molecule has 1 fully saturated rings. The minimum absolute atomic E-state index is 0.0472. The fourth-order valence-corrected chi connectivity index (χ4v) is 5.00. The molecule has 5 rings (SSSR count). The van der Waals surface area contributed by atoms with Gasteiger partial charge in [0.15, 0.2) is 0 Å². The topological polar surface area (TPSA) is 61.4 Å². The molecule has 7 heteroatoms. The summed E-state index contributed by atoms with van der Waals surface area (Å²) < 4.78 is 0. The number of aromatic nitrogens is 2. The first-order chi connectivity index (χ1) is 16.9. The maximum absolute atomic E-state index is 13.0. The number of benzene rings is 2. The number of hydrogen-bond acceptors (Lipinski definition) is 4. The molecule has 0 radical (unpaired) electrons. The molecule has 1 aliphatic heterocycles. The van der Waals surface area contributed by atoms with Gasteiger partial charge < -0.3 is 15.1 Å². The van der Waals surface area contributed by atoms with Gasteiger partial charge in [-0.05, 0) is 55.7 Å². The predicted molar refractivity (Wildman–Crippen MR) is 142 cm³/mol. The summed E-state index contributed by atoms with van der Waals surface area (Å²) in [4.78, 5) is 26.5. The third-order valence-corrected chi connectivity index (χ3v) is 7.19. The lowest BCUT2D eigenvalue weighted by atomic mass is 10.0. The summed E-state index contributed by atoms with van der Waals surface area (Å²) in [5, 5.41) is 3.82. The maximum atomic E-state index is 13.0. The Morgan fingerprint density at radius 2 is 1.83 bits per heavy atom. The number of nitrogens with one attached hydrogen (secondary N) is 1. The molecule has 35 heavy (non-hydrogen) atoms. The Morgan fingerprint density at radius 1 is 1.09 bits per heavy atom. The highest BCUT2D eigenvalue weighted by atomic mass is 35.5. The minimum atomic E-state index is -0.0968. The van der Waals surface area contributed by atoms with Crippen molar-refractivity contribution in [1.82, 2.24) is 20.2 Å². The number of piperazine rings is 1. The SMILES string of the molecule is Cc1ccc(C2=Cc3c(ncnc3N3CCN(C(=O)N[C@@H](C)c4ccc(Cl)cc4)[C@H](C)C3)C2)cc1. The van der Waals surface area contributed by atoms with Crippen LogP contribution in [-0.2, 0) is 6.42 Å². The Hall–Kier alpha value is -3.38. The lowest BCUT2D eigenvalue weighted by Crippen LogP contribution is -2.57. The van der Waals surface area contributed by atoms with Gasteiger partial charge in [0, 0.05) is 42.7 Å². The highest BCUT2D eigenvalue weighted by Gasteiger charge is 2.31. The first kappa shape index (κ1) is 23.4. The van der Waals surface area contributed by atoms with E-state index < -0.39 is 0 Å². The molecule has 0 spiro atoms. The van der Waals surface area contributed by atoms with Gasteiger partial charge in [0.1, 0.15) is 12.1 Å². The van der Waals surface area contributed by atoms with Crippen LogP contribution in [0, 0.1) is 6.92 Å². The van der Waals surface area contributed by atoms with E-state index in [2.05, 4.69) is 64.4 Å². The van der Waals surface area contributed by atoms with Crippen LogP contribution in [0.2, 0.25) is 5.02 Å². The normalized spacial score (nSPS) is 18.2. The number of rotatable bonds is 4. The van der Waals surface area contributed by atoms with Crippen molar-refractivity contribution < 1.29 is 4.79 Å². The number of carbonyl (C=O) groups is 1. The van der Waals surface area contributed by atoms with Crippen molar-refractivity contribution in [2.24, 2.45) is 0 Å². The molecule has 180 valence electrons. The number of hydrogen-bond donors (Lipinski definition) is 1. The minimum Gasteiger partial charge on any atom is -0.352 e. The molecule has 6 nitrogen and oxygen atoms in total. The van der Waals surface area contributed by atoms with E-state index in [4.69, 9.17) is 11.6 Å². The number of allylic oxidation sites excluding steroid dienone is 1. The van der Waals surface area contributed by atoms with Crippen molar-refractivity contribution in [3.8, 4) is 0 Å². The average molecular weight is 488 g/mol. The van der Waals surface area contributed by atoms with Crippen molar-refractivity contribution in [2.75, 3.05) is 24.5 Å². The monoisotopic (exact) mass is 487 g/mol. The molecule has 0 unspecified atom stereocenters. The van der Waals surface area contributed by atoms with Gasteiger partial charge >= 0.3 is 6.03 Å². The number of halogens is 1. The molecular weight excluding hydrogens is 458 g/mol. The number of fused-ring (bicyclic) bond motifs is 1. The van der Waals surface area contributed by atoms with Crippen molar-refractivity contribution in [2.45, 2.75) is 39.3 Å². The number of aryl methyl sites for hydroxylation is 1. The number of nitrogens with zero attached hydrogens (tertiary/aromatic N) is 4. The lowest BCUT2D eigenvalue weighted by Gasteiger charge is -2.41. The van der Waals surface area contributed by atoms with Crippen molar-refractivity contribution in [3.63, 3.8) is 0 Å². The Kier molecular flexibility index (Phi) is 6.48. The molecule has 2 heterocycles. The van der Waals surface area contributed by atoms with Crippen LogP contribution in [0.5, 0.6) is 0 Å². The van der Waals surface area contributed by atoms with E-state index in [0.717, 1.165) is 42.1 Å². The largest absolute Gasteiger partial charge is 0.352 e. The Labute approximate surface area is 211 Å². The molecule has 2 aliphatic rings.